The van der Waals surface area contributed by atoms with Crippen molar-refractivity contribution in [2.75, 3.05) is 31.7 Å². The highest BCUT2D eigenvalue weighted by Crippen LogP contribution is 2.35. The molecule has 192 valence electrons. The molecule has 0 radical (unpaired) electrons. The molecule has 2 aliphatic rings. The average Bonchev–Trinajstić information content (AvgIpc) is 3.52. The molecule has 3 heterocycles. The van der Waals surface area contributed by atoms with E-state index < -0.39 is 12.0 Å². The summed E-state index contributed by atoms with van der Waals surface area (Å²) in [5, 5.41) is 0. The van der Waals surface area contributed by atoms with Gasteiger partial charge in [0.05, 0.1) is 40.0 Å². The molecule has 1 fully saturated rings. The highest BCUT2D eigenvalue weighted by molar-refractivity contribution is 9.10. The summed E-state index contributed by atoms with van der Waals surface area (Å²) in [5.41, 5.74) is 3.60. The standard InChI is InChI=1S/C28H28BrN3O4S/c1-4-36-27(34)24-17(2)30-28-32(25(24)19-9-12-22(35-3)21(29)16-19)26(33)23(37-28)15-18-7-10-20(11-8-18)31-13-5-6-14-31/h7-12,15-16,25H,4-6,13-14H2,1-3H3/b23-15+. The Labute approximate surface area is 227 Å². The maximum absolute atomic E-state index is 13.8. The monoisotopic (exact) mass is 581 g/mol. The minimum Gasteiger partial charge on any atom is -0.496 e. The van der Waals surface area contributed by atoms with Crippen LogP contribution in [0, 0.1) is 0 Å². The van der Waals surface area contributed by atoms with Crippen LogP contribution in [0.15, 0.2) is 68.0 Å². The topological polar surface area (TPSA) is 73.1 Å². The van der Waals surface area contributed by atoms with Crippen molar-refractivity contribution < 1.29 is 14.3 Å². The molecule has 0 bridgehead atoms. The molecule has 1 saturated heterocycles. The van der Waals surface area contributed by atoms with Crippen molar-refractivity contribution in [3.63, 3.8) is 0 Å². The van der Waals surface area contributed by atoms with Crippen LogP contribution in [-0.4, -0.2) is 37.3 Å². The highest BCUT2D eigenvalue weighted by atomic mass is 79.9. The molecule has 1 atom stereocenters. The predicted molar refractivity (Wildman–Crippen MR) is 149 cm³/mol. The van der Waals surface area contributed by atoms with Crippen LogP contribution < -0.4 is 24.5 Å². The molecule has 1 unspecified atom stereocenters. The summed E-state index contributed by atoms with van der Waals surface area (Å²) in [7, 11) is 1.59. The van der Waals surface area contributed by atoms with Crippen molar-refractivity contribution in [1.82, 2.24) is 4.57 Å². The van der Waals surface area contributed by atoms with Crippen molar-refractivity contribution in [3.8, 4) is 5.75 Å². The fraction of sp³-hybridized carbons (Fsp3) is 0.321. The van der Waals surface area contributed by atoms with E-state index in [-0.39, 0.29) is 12.2 Å². The van der Waals surface area contributed by atoms with Crippen LogP contribution in [-0.2, 0) is 9.53 Å². The van der Waals surface area contributed by atoms with Gasteiger partial charge in [-0.3, -0.25) is 9.36 Å². The number of aromatic nitrogens is 1. The lowest BCUT2D eigenvalue weighted by Crippen LogP contribution is -2.39. The minimum absolute atomic E-state index is 0.196. The zero-order valence-electron chi connectivity index (χ0n) is 21.0. The number of methoxy groups -OCH3 is 1. The molecule has 2 aromatic carbocycles. The maximum atomic E-state index is 13.8. The van der Waals surface area contributed by atoms with E-state index in [0.717, 1.165) is 28.7 Å². The van der Waals surface area contributed by atoms with Crippen LogP contribution in [0.2, 0.25) is 0 Å². The van der Waals surface area contributed by atoms with Gasteiger partial charge in [-0.25, -0.2) is 9.79 Å². The van der Waals surface area contributed by atoms with Crippen LogP contribution >= 0.6 is 27.3 Å². The van der Waals surface area contributed by atoms with E-state index in [1.54, 1.807) is 25.5 Å². The van der Waals surface area contributed by atoms with Crippen molar-refractivity contribution in [3.05, 3.63) is 89.0 Å². The van der Waals surface area contributed by atoms with Crippen LogP contribution in [0.25, 0.3) is 6.08 Å². The van der Waals surface area contributed by atoms with Crippen molar-refractivity contribution in [2.45, 2.75) is 32.7 Å². The van der Waals surface area contributed by atoms with E-state index in [9.17, 15) is 9.59 Å². The van der Waals surface area contributed by atoms with Crippen LogP contribution in [0.4, 0.5) is 5.69 Å². The van der Waals surface area contributed by atoms with Gasteiger partial charge in [-0.15, -0.1) is 0 Å². The number of benzene rings is 2. The third-order valence-electron chi connectivity index (χ3n) is 6.67. The second kappa shape index (κ2) is 10.7. The van der Waals surface area contributed by atoms with Crippen LogP contribution in [0.1, 0.15) is 43.9 Å². The number of fused-ring (bicyclic) bond motifs is 1. The maximum Gasteiger partial charge on any atom is 0.338 e. The average molecular weight is 583 g/mol. The zero-order chi connectivity index (χ0) is 26.1. The number of allylic oxidation sites excluding steroid dienone is 1. The number of nitrogens with zero attached hydrogens (tertiary/aromatic N) is 3. The molecule has 1 aromatic heterocycles. The van der Waals surface area contributed by atoms with Gasteiger partial charge in [0.2, 0.25) is 0 Å². The smallest absolute Gasteiger partial charge is 0.338 e. The summed E-state index contributed by atoms with van der Waals surface area (Å²) in [6, 6.07) is 13.2. The molecule has 3 aromatic rings. The minimum atomic E-state index is -0.669. The third kappa shape index (κ3) is 4.90. The second-order valence-electron chi connectivity index (χ2n) is 8.98. The molecule has 37 heavy (non-hydrogen) atoms. The fourth-order valence-electron chi connectivity index (χ4n) is 4.87. The zero-order valence-corrected chi connectivity index (χ0v) is 23.4. The summed E-state index contributed by atoms with van der Waals surface area (Å²) in [4.78, 5) is 34.4. The van der Waals surface area contributed by atoms with Crippen LogP contribution in [0.5, 0.6) is 5.75 Å². The first-order chi connectivity index (χ1) is 17.9. The second-order valence-corrected chi connectivity index (χ2v) is 10.8. The Hall–Kier alpha value is -3.17. The lowest BCUT2D eigenvalue weighted by Gasteiger charge is -2.25. The Morgan fingerprint density at radius 3 is 2.57 bits per heavy atom. The number of esters is 1. The lowest BCUT2D eigenvalue weighted by atomic mass is 9.96. The van der Waals surface area contributed by atoms with Crippen molar-refractivity contribution >= 4 is 45.0 Å². The molecular weight excluding hydrogens is 554 g/mol. The summed E-state index contributed by atoms with van der Waals surface area (Å²) < 4.78 is 13.6. The SMILES string of the molecule is CCOC(=O)C1=C(C)N=c2s/c(=C/c3ccc(N4CCCC4)cc3)c(=O)n2C1c1ccc(OC)c(Br)c1. The molecule has 2 aliphatic heterocycles. The van der Waals surface area contributed by atoms with Gasteiger partial charge in [0.25, 0.3) is 5.56 Å². The number of anilines is 1. The number of thiazole rings is 1. The molecular formula is C28H28BrN3O4S. The lowest BCUT2D eigenvalue weighted by molar-refractivity contribution is -0.139. The first-order valence-corrected chi connectivity index (χ1v) is 13.9. The van der Waals surface area contributed by atoms with Gasteiger partial charge in [-0.05, 0) is 84.1 Å². The summed E-state index contributed by atoms with van der Waals surface area (Å²) in [6.07, 6.45) is 4.34. The first kappa shape index (κ1) is 25.5. The number of carbonyl (C=O) groups excluding carboxylic acids is 1. The largest absolute Gasteiger partial charge is 0.496 e. The van der Waals surface area contributed by atoms with Crippen molar-refractivity contribution in [1.29, 1.82) is 0 Å². The Bertz CT molecular complexity index is 1550. The third-order valence-corrected chi connectivity index (χ3v) is 8.27. The Morgan fingerprint density at radius 2 is 1.92 bits per heavy atom. The van der Waals surface area contributed by atoms with Gasteiger partial charge < -0.3 is 14.4 Å². The molecule has 0 saturated carbocycles. The predicted octanol–water partition coefficient (Wildman–Crippen LogP) is 4.17. The van der Waals surface area contributed by atoms with Gasteiger partial charge in [0.1, 0.15) is 5.75 Å². The van der Waals surface area contributed by atoms with Crippen molar-refractivity contribution in [2.24, 2.45) is 4.99 Å². The van der Waals surface area contributed by atoms with E-state index in [4.69, 9.17) is 9.47 Å². The molecule has 0 N–H and O–H groups in total. The van der Waals surface area contributed by atoms with Gasteiger partial charge >= 0.3 is 5.97 Å². The Kier molecular flexibility index (Phi) is 7.35. The summed E-state index contributed by atoms with van der Waals surface area (Å²) >= 11 is 4.86. The normalized spacial score (nSPS) is 17.6. The first-order valence-electron chi connectivity index (χ1n) is 12.3. The fourth-order valence-corrected chi connectivity index (χ4v) is 6.47. The van der Waals surface area contributed by atoms with E-state index >= 15 is 0 Å². The molecule has 0 amide bonds. The molecule has 7 nitrogen and oxygen atoms in total. The highest BCUT2D eigenvalue weighted by Gasteiger charge is 2.33. The number of rotatable bonds is 6. The van der Waals surface area contributed by atoms with Gasteiger partial charge in [0, 0.05) is 18.8 Å². The van der Waals surface area contributed by atoms with Crippen LogP contribution in [0.3, 0.4) is 0 Å². The van der Waals surface area contributed by atoms with E-state index in [0.29, 0.717) is 26.4 Å². The number of hydrogen-bond donors (Lipinski definition) is 0. The van der Waals surface area contributed by atoms with Gasteiger partial charge in [-0.1, -0.05) is 29.5 Å². The number of carbonyl (C=O) groups is 1. The number of ether oxygens (including phenoxy) is 2. The quantitative estimate of drug-likeness (QED) is 0.408. The summed E-state index contributed by atoms with van der Waals surface area (Å²) in [5.74, 6) is 0.180. The molecule has 0 spiro atoms. The Morgan fingerprint density at radius 1 is 1.19 bits per heavy atom. The van der Waals surface area contributed by atoms with E-state index in [2.05, 4.69) is 38.0 Å². The van der Waals surface area contributed by atoms with E-state index in [1.165, 1.54) is 29.9 Å². The molecule has 0 aliphatic carbocycles. The molecule has 9 heteroatoms. The van der Waals surface area contributed by atoms with Gasteiger partial charge in [-0.2, -0.15) is 0 Å². The van der Waals surface area contributed by atoms with Gasteiger partial charge in [0.15, 0.2) is 4.80 Å². The Balaban J connectivity index is 1.62. The summed E-state index contributed by atoms with van der Waals surface area (Å²) in [6.45, 7) is 5.94. The number of halogens is 1. The number of hydrogen-bond acceptors (Lipinski definition) is 7. The molecule has 5 rings (SSSR count). The van der Waals surface area contributed by atoms with E-state index in [1.807, 2.05) is 36.4 Å².